The summed E-state index contributed by atoms with van der Waals surface area (Å²) in [5.41, 5.74) is 6.67. The highest BCUT2D eigenvalue weighted by molar-refractivity contribution is 5.88. The van der Waals surface area contributed by atoms with E-state index < -0.39 is 6.03 Å². The number of urea groups is 1. The van der Waals surface area contributed by atoms with E-state index >= 15 is 0 Å². The van der Waals surface area contributed by atoms with Crippen LogP contribution < -0.4 is 16.4 Å². The van der Waals surface area contributed by atoms with Gasteiger partial charge in [0.1, 0.15) is 0 Å². The summed E-state index contributed by atoms with van der Waals surface area (Å²) in [6, 6.07) is 7.23. The summed E-state index contributed by atoms with van der Waals surface area (Å²) >= 11 is 0. The first-order chi connectivity index (χ1) is 6.58. The van der Waals surface area contributed by atoms with E-state index in [1.54, 1.807) is 6.07 Å². The first-order valence-electron chi connectivity index (χ1n) is 4.51. The van der Waals surface area contributed by atoms with E-state index in [0.717, 1.165) is 5.69 Å². The van der Waals surface area contributed by atoms with Crippen molar-refractivity contribution in [1.29, 1.82) is 0 Å². The monoisotopic (exact) mass is 193 g/mol. The van der Waals surface area contributed by atoms with Crippen LogP contribution in [0.3, 0.4) is 0 Å². The molecule has 0 heterocycles. The molecule has 1 aromatic carbocycles. The number of rotatable bonds is 3. The van der Waals surface area contributed by atoms with E-state index in [-0.39, 0.29) is 0 Å². The molecule has 0 aliphatic carbocycles. The zero-order chi connectivity index (χ0) is 10.6. The lowest BCUT2D eigenvalue weighted by Crippen LogP contribution is -2.19. The van der Waals surface area contributed by atoms with Crippen LogP contribution in [-0.2, 0) is 0 Å². The Bertz CT molecular complexity index is 323. The summed E-state index contributed by atoms with van der Waals surface area (Å²) in [6.45, 7) is 4.10. The van der Waals surface area contributed by atoms with Gasteiger partial charge in [0.05, 0.1) is 0 Å². The normalized spacial score (nSPS) is 9.93. The van der Waals surface area contributed by atoms with Gasteiger partial charge in [-0.25, -0.2) is 4.79 Å². The summed E-state index contributed by atoms with van der Waals surface area (Å²) in [6.07, 6.45) is 0. The van der Waals surface area contributed by atoms with E-state index in [1.165, 1.54) is 0 Å². The SMILES string of the molecule is CC(C)Nc1cccc(NC(N)=O)c1. The van der Waals surface area contributed by atoms with E-state index in [4.69, 9.17) is 5.73 Å². The van der Waals surface area contributed by atoms with Crippen molar-refractivity contribution in [3.05, 3.63) is 24.3 Å². The molecule has 0 aliphatic rings. The Morgan fingerprint density at radius 1 is 1.36 bits per heavy atom. The van der Waals surface area contributed by atoms with Crippen molar-refractivity contribution >= 4 is 17.4 Å². The molecule has 1 aromatic rings. The van der Waals surface area contributed by atoms with Gasteiger partial charge in [-0.3, -0.25) is 0 Å². The van der Waals surface area contributed by atoms with Gasteiger partial charge in [0, 0.05) is 17.4 Å². The van der Waals surface area contributed by atoms with Crippen LogP contribution in [0.2, 0.25) is 0 Å². The first kappa shape index (κ1) is 10.4. The first-order valence-corrected chi connectivity index (χ1v) is 4.51. The zero-order valence-electron chi connectivity index (χ0n) is 8.37. The number of anilines is 2. The molecule has 1 rings (SSSR count). The third kappa shape index (κ3) is 3.35. The average molecular weight is 193 g/mol. The minimum atomic E-state index is -0.549. The largest absolute Gasteiger partial charge is 0.383 e. The van der Waals surface area contributed by atoms with Crippen LogP contribution in [0, 0.1) is 0 Å². The van der Waals surface area contributed by atoms with Crippen LogP contribution in [-0.4, -0.2) is 12.1 Å². The molecule has 0 atom stereocenters. The van der Waals surface area contributed by atoms with E-state index in [2.05, 4.69) is 10.6 Å². The lowest BCUT2D eigenvalue weighted by Gasteiger charge is -2.11. The number of nitrogens with one attached hydrogen (secondary N) is 2. The van der Waals surface area contributed by atoms with E-state index in [9.17, 15) is 4.79 Å². The van der Waals surface area contributed by atoms with Crippen LogP contribution in [0.4, 0.5) is 16.2 Å². The molecule has 0 aromatic heterocycles. The average Bonchev–Trinajstić information content (AvgIpc) is 2.01. The maximum atomic E-state index is 10.6. The molecule has 0 saturated carbocycles. The van der Waals surface area contributed by atoms with Crippen molar-refractivity contribution in [2.75, 3.05) is 10.6 Å². The Balaban J connectivity index is 2.73. The fourth-order valence-corrected chi connectivity index (χ4v) is 1.16. The van der Waals surface area contributed by atoms with Crippen molar-refractivity contribution in [3.63, 3.8) is 0 Å². The molecule has 0 fully saturated rings. The van der Waals surface area contributed by atoms with Crippen LogP contribution in [0.15, 0.2) is 24.3 Å². The summed E-state index contributed by atoms with van der Waals surface area (Å²) in [5.74, 6) is 0. The number of carbonyl (C=O) groups excluding carboxylic acids is 1. The molecule has 76 valence electrons. The Kier molecular flexibility index (Phi) is 3.34. The highest BCUT2D eigenvalue weighted by Crippen LogP contribution is 2.15. The van der Waals surface area contributed by atoms with Gasteiger partial charge in [0.25, 0.3) is 0 Å². The molecule has 4 N–H and O–H groups in total. The smallest absolute Gasteiger partial charge is 0.316 e. The molecular formula is C10H15N3O. The molecule has 4 nitrogen and oxygen atoms in total. The number of nitrogens with two attached hydrogens (primary N) is 1. The maximum Gasteiger partial charge on any atom is 0.316 e. The molecule has 0 aliphatic heterocycles. The summed E-state index contributed by atoms with van der Waals surface area (Å²) in [7, 11) is 0. The van der Waals surface area contributed by atoms with Crippen LogP contribution in [0.25, 0.3) is 0 Å². The lowest BCUT2D eigenvalue weighted by molar-refractivity contribution is 0.259. The van der Waals surface area contributed by atoms with Gasteiger partial charge in [-0.05, 0) is 32.0 Å². The molecule has 0 unspecified atom stereocenters. The van der Waals surface area contributed by atoms with Crippen LogP contribution in [0.1, 0.15) is 13.8 Å². The molecule has 0 bridgehead atoms. The van der Waals surface area contributed by atoms with Crippen molar-refractivity contribution in [2.24, 2.45) is 5.73 Å². The minimum absolute atomic E-state index is 0.360. The molecular weight excluding hydrogens is 178 g/mol. The second kappa shape index (κ2) is 4.50. The molecule has 0 radical (unpaired) electrons. The van der Waals surface area contributed by atoms with E-state index in [0.29, 0.717) is 11.7 Å². The van der Waals surface area contributed by atoms with Crippen molar-refractivity contribution < 1.29 is 4.79 Å². The third-order valence-corrected chi connectivity index (χ3v) is 1.59. The topological polar surface area (TPSA) is 67.2 Å². The highest BCUT2D eigenvalue weighted by atomic mass is 16.2. The molecule has 4 heteroatoms. The minimum Gasteiger partial charge on any atom is -0.383 e. The fraction of sp³-hybridized carbons (Fsp3) is 0.300. The van der Waals surface area contributed by atoms with E-state index in [1.807, 2.05) is 32.0 Å². The summed E-state index contributed by atoms with van der Waals surface area (Å²) < 4.78 is 0. The highest BCUT2D eigenvalue weighted by Gasteiger charge is 1.98. The van der Waals surface area contributed by atoms with Crippen molar-refractivity contribution in [2.45, 2.75) is 19.9 Å². The number of hydrogen-bond acceptors (Lipinski definition) is 2. The van der Waals surface area contributed by atoms with Crippen molar-refractivity contribution in [3.8, 4) is 0 Å². The number of primary amides is 1. The maximum absolute atomic E-state index is 10.6. The fourth-order valence-electron chi connectivity index (χ4n) is 1.16. The Morgan fingerprint density at radius 3 is 2.57 bits per heavy atom. The molecule has 0 spiro atoms. The van der Waals surface area contributed by atoms with Gasteiger partial charge in [-0.1, -0.05) is 6.07 Å². The summed E-state index contributed by atoms with van der Waals surface area (Å²) in [4.78, 5) is 10.6. The van der Waals surface area contributed by atoms with Crippen LogP contribution in [0.5, 0.6) is 0 Å². The second-order valence-corrected chi connectivity index (χ2v) is 3.37. The quantitative estimate of drug-likeness (QED) is 0.687. The van der Waals surface area contributed by atoms with Gasteiger partial charge < -0.3 is 16.4 Å². The molecule has 0 saturated heterocycles. The third-order valence-electron chi connectivity index (χ3n) is 1.59. The summed E-state index contributed by atoms with van der Waals surface area (Å²) in [5, 5.41) is 5.74. The number of benzene rings is 1. The standard InChI is InChI=1S/C10H15N3O/c1-7(2)12-8-4-3-5-9(6-8)13-10(11)14/h3-7,12H,1-2H3,(H3,11,13,14). The van der Waals surface area contributed by atoms with Crippen LogP contribution >= 0.6 is 0 Å². The zero-order valence-corrected chi connectivity index (χ0v) is 8.37. The predicted molar refractivity (Wildman–Crippen MR) is 58.4 cm³/mol. The van der Waals surface area contributed by atoms with Gasteiger partial charge in [-0.2, -0.15) is 0 Å². The van der Waals surface area contributed by atoms with Crippen molar-refractivity contribution in [1.82, 2.24) is 0 Å². The number of hydrogen-bond donors (Lipinski definition) is 3. The Hall–Kier alpha value is -1.71. The Morgan fingerprint density at radius 2 is 2.00 bits per heavy atom. The molecule has 14 heavy (non-hydrogen) atoms. The van der Waals surface area contributed by atoms with Gasteiger partial charge >= 0.3 is 6.03 Å². The van der Waals surface area contributed by atoms with Gasteiger partial charge in [0.2, 0.25) is 0 Å². The Labute approximate surface area is 83.5 Å². The molecule has 2 amide bonds. The van der Waals surface area contributed by atoms with Gasteiger partial charge in [0.15, 0.2) is 0 Å². The second-order valence-electron chi connectivity index (χ2n) is 3.37. The number of carbonyl (C=O) groups is 1. The lowest BCUT2D eigenvalue weighted by atomic mass is 10.2. The van der Waals surface area contributed by atoms with Gasteiger partial charge in [-0.15, -0.1) is 0 Å². The number of amides is 2. The predicted octanol–water partition coefficient (Wildman–Crippen LogP) is 2.00.